The van der Waals surface area contributed by atoms with Crippen molar-refractivity contribution < 1.29 is 47.2 Å². The van der Waals surface area contributed by atoms with E-state index in [0.717, 1.165) is 17.0 Å². The SMILES string of the molecule is O=C1C(=O)N(c2ccc(OC(F)(F)F)cc2)C(c2ccc(O)cc2)/C1=C(/O)c1ccc2c(c1)OCO2. The molecule has 3 aromatic rings. The number of phenols is 1. The van der Waals surface area contributed by atoms with Gasteiger partial charge in [-0.05, 0) is 60.2 Å². The van der Waals surface area contributed by atoms with Gasteiger partial charge in [-0.2, -0.15) is 0 Å². The van der Waals surface area contributed by atoms with E-state index < -0.39 is 35.6 Å². The Kier molecular flexibility index (Phi) is 5.47. The van der Waals surface area contributed by atoms with Crippen molar-refractivity contribution in [3.05, 3.63) is 83.4 Å². The van der Waals surface area contributed by atoms with Crippen LogP contribution in [0.25, 0.3) is 5.76 Å². The number of ketones is 1. The minimum absolute atomic E-state index is 0.00844. The molecule has 1 atom stereocenters. The van der Waals surface area contributed by atoms with Gasteiger partial charge in [0, 0.05) is 11.3 Å². The molecule has 1 fully saturated rings. The van der Waals surface area contributed by atoms with Crippen molar-refractivity contribution in [3.63, 3.8) is 0 Å². The first-order chi connectivity index (χ1) is 17.1. The Balaban J connectivity index is 1.62. The number of phenolic OH excluding ortho intramolecular Hbond substituents is 1. The van der Waals surface area contributed by atoms with Crippen molar-refractivity contribution in [2.75, 3.05) is 11.7 Å². The summed E-state index contributed by atoms with van der Waals surface area (Å²) in [7, 11) is 0. The minimum atomic E-state index is -4.90. The zero-order valence-electron chi connectivity index (χ0n) is 18.2. The van der Waals surface area contributed by atoms with Gasteiger partial charge in [-0.15, -0.1) is 13.2 Å². The van der Waals surface area contributed by atoms with Gasteiger partial charge in [0.05, 0.1) is 11.6 Å². The Bertz CT molecular complexity index is 1380. The Hall–Kier alpha value is -4.67. The molecule has 0 saturated carbocycles. The Morgan fingerprint density at radius 1 is 0.944 bits per heavy atom. The number of Topliss-reactive ketones (excluding diaryl/α,β-unsaturated/α-hetero) is 1. The van der Waals surface area contributed by atoms with Crippen molar-refractivity contribution >= 4 is 23.1 Å². The smallest absolute Gasteiger partial charge is 0.508 e. The summed E-state index contributed by atoms with van der Waals surface area (Å²) in [5.74, 6) is -2.27. The largest absolute Gasteiger partial charge is 0.573 e. The molecule has 1 amide bonds. The summed E-state index contributed by atoms with van der Waals surface area (Å²) in [6.07, 6.45) is -4.90. The molecule has 1 saturated heterocycles. The maximum absolute atomic E-state index is 13.2. The number of anilines is 1. The fraction of sp³-hybridized carbons (Fsp3) is 0.120. The molecular weight excluding hydrogens is 483 g/mol. The van der Waals surface area contributed by atoms with Gasteiger partial charge in [-0.1, -0.05) is 12.1 Å². The van der Waals surface area contributed by atoms with E-state index in [9.17, 15) is 33.0 Å². The van der Waals surface area contributed by atoms with E-state index in [1.165, 1.54) is 48.5 Å². The van der Waals surface area contributed by atoms with Crippen LogP contribution in [0.2, 0.25) is 0 Å². The summed E-state index contributed by atoms with van der Waals surface area (Å²) in [4.78, 5) is 27.3. The predicted octanol–water partition coefficient (Wildman–Crippen LogP) is 4.65. The lowest BCUT2D eigenvalue weighted by Crippen LogP contribution is -2.29. The van der Waals surface area contributed by atoms with Crippen LogP contribution < -0.4 is 19.1 Å². The van der Waals surface area contributed by atoms with Crippen LogP contribution in [0, 0.1) is 0 Å². The number of fused-ring (bicyclic) bond motifs is 1. The van der Waals surface area contributed by atoms with Crippen molar-refractivity contribution in [2.24, 2.45) is 0 Å². The number of nitrogens with zero attached hydrogens (tertiary/aromatic N) is 1. The standard InChI is InChI=1S/C25H16F3NO7/c26-25(27,28)36-17-8-4-15(5-9-17)29-21(13-1-6-16(30)7-2-13)20(23(32)24(29)33)22(31)14-3-10-18-19(11-14)35-12-34-18/h1-11,21,30-31H,12H2/b22-20-. The zero-order chi connectivity index (χ0) is 25.6. The molecule has 0 bridgehead atoms. The van der Waals surface area contributed by atoms with Crippen LogP contribution in [0.1, 0.15) is 17.2 Å². The lowest BCUT2D eigenvalue weighted by Gasteiger charge is -2.25. The van der Waals surface area contributed by atoms with Crippen LogP contribution in [0.5, 0.6) is 23.0 Å². The molecule has 8 nitrogen and oxygen atoms in total. The number of hydrogen-bond donors (Lipinski definition) is 2. The summed E-state index contributed by atoms with van der Waals surface area (Å²) in [6, 6.07) is 13.4. The first-order valence-corrected chi connectivity index (χ1v) is 10.5. The van der Waals surface area contributed by atoms with Gasteiger partial charge in [0.15, 0.2) is 11.5 Å². The number of rotatable bonds is 4. The number of carbonyl (C=O) groups is 2. The van der Waals surface area contributed by atoms with E-state index in [1.54, 1.807) is 6.07 Å². The first-order valence-electron chi connectivity index (χ1n) is 10.5. The molecule has 1 unspecified atom stereocenters. The number of aromatic hydroxyl groups is 1. The number of amides is 1. The summed E-state index contributed by atoms with van der Waals surface area (Å²) < 4.78 is 52.1. The summed E-state index contributed by atoms with van der Waals surface area (Å²) in [5.41, 5.74) is 0.398. The van der Waals surface area contributed by atoms with E-state index in [0.29, 0.717) is 17.1 Å². The van der Waals surface area contributed by atoms with E-state index in [4.69, 9.17) is 9.47 Å². The van der Waals surface area contributed by atoms with E-state index in [1.807, 2.05) is 0 Å². The second kappa shape index (κ2) is 8.52. The number of ether oxygens (including phenoxy) is 3. The van der Waals surface area contributed by atoms with E-state index in [2.05, 4.69) is 4.74 Å². The van der Waals surface area contributed by atoms with E-state index >= 15 is 0 Å². The highest BCUT2D eigenvalue weighted by molar-refractivity contribution is 6.51. The van der Waals surface area contributed by atoms with Crippen LogP contribution in [0.3, 0.4) is 0 Å². The van der Waals surface area contributed by atoms with Crippen molar-refractivity contribution in [2.45, 2.75) is 12.4 Å². The quantitative estimate of drug-likeness (QED) is 0.306. The third-order valence-corrected chi connectivity index (χ3v) is 5.65. The minimum Gasteiger partial charge on any atom is -0.508 e. The highest BCUT2D eigenvalue weighted by Gasteiger charge is 2.47. The number of aliphatic hydroxyl groups excluding tert-OH is 1. The summed E-state index contributed by atoms with van der Waals surface area (Å²) in [5, 5.41) is 20.9. The number of hydrogen-bond acceptors (Lipinski definition) is 7. The number of aliphatic hydroxyl groups is 1. The molecule has 2 aliphatic rings. The molecule has 2 N–H and O–H groups in total. The van der Waals surface area contributed by atoms with Gasteiger partial charge < -0.3 is 24.4 Å². The van der Waals surface area contributed by atoms with Gasteiger partial charge in [-0.3, -0.25) is 14.5 Å². The molecule has 36 heavy (non-hydrogen) atoms. The predicted molar refractivity (Wildman–Crippen MR) is 119 cm³/mol. The molecule has 0 radical (unpaired) electrons. The molecular formula is C25H16F3NO7. The van der Waals surface area contributed by atoms with Gasteiger partial charge in [0.25, 0.3) is 11.7 Å². The molecule has 11 heteroatoms. The molecule has 0 spiro atoms. The number of alkyl halides is 3. The average Bonchev–Trinajstić information content (AvgIpc) is 3.41. The topological polar surface area (TPSA) is 106 Å². The molecule has 184 valence electrons. The third kappa shape index (κ3) is 4.15. The van der Waals surface area contributed by atoms with Crippen LogP contribution in [-0.4, -0.2) is 35.1 Å². The van der Waals surface area contributed by atoms with Gasteiger partial charge in [-0.25, -0.2) is 0 Å². The molecule has 5 rings (SSSR count). The van der Waals surface area contributed by atoms with Crippen molar-refractivity contribution in [1.29, 1.82) is 0 Å². The zero-order valence-corrected chi connectivity index (χ0v) is 18.2. The second-order valence-corrected chi connectivity index (χ2v) is 7.87. The van der Waals surface area contributed by atoms with E-state index in [-0.39, 0.29) is 29.4 Å². The monoisotopic (exact) mass is 499 g/mol. The molecule has 3 aromatic carbocycles. The van der Waals surface area contributed by atoms with Crippen molar-refractivity contribution in [3.8, 4) is 23.0 Å². The average molecular weight is 499 g/mol. The summed E-state index contributed by atoms with van der Waals surface area (Å²) >= 11 is 0. The van der Waals surface area contributed by atoms with Crippen LogP contribution >= 0.6 is 0 Å². The molecule has 0 aliphatic carbocycles. The molecule has 2 aliphatic heterocycles. The Morgan fingerprint density at radius 2 is 1.61 bits per heavy atom. The van der Waals surface area contributed by atoms with Gasteiger partial charge in [0.2, 0.25) is 6.79 Å². The van der Waals surface area contributed by atoms with Crippen LogP contribution in [0.15, 0.2) is 72.3 Å². The summed E-state index contributed by atoms with van der Waals surface area (Å²) in [6.45, 7) is -0.00844. The van der Waals surface area contributed by atoms with Crippen LogP contribution in [0.4, 0.5) is 18.9 Å². The van der Waals surface area contributed by atoms with Crippen LogP contribution in [-0.2, 0) is 9.59 Å². The van der Waals surface area contributed by atoms with Gasteiger partial charge >= 0.3 is 6.36 Å². The fourth-order valence-corrected chi connectivity index (χ4v) is 4.08. The number of benzene rings is 3. The number of carbonyl (C=O) groups excluding carboxylic acids is 2. The third-order valence-electron chi connectivity index (χ3n) is 5.65. The fourth-order valence-electron chi connectivity index (χ4n) is 4.08. The maximum Gasteiger partial charge on any atom is 0.573 e. The number of halogens is 3. The van der Waals surface area contributed by atoms with Gasteiger partial charge in [0.1, 0.15) is 17.3 Å². The van der Waals surface area contributed by atoms with Crippen molar-refractivity contribution in [1.82, 2.24) is 0 Å². The highest BCUT2D eigenvalue weighted by atomic mass is 19.4. The lowest BCUT2D eigenvalue weighted by molar-refractivity contribution is -0.274. The Labute approximate surface area is 201 Å². The molecule has 2 heterocycles. The normalized spacial score (nSPS) is 18.5. The maximum atomic E-state index is 13.2. The Morgan fingerprint density at radius 3 is 2.28 bits per heavy atom. The molecule has 0 aromatic heterocycles. The first kappa shape index (κ1) is 23.1. The highest BCUT2D eigenvalue weighted by Crippen LogP contribution is 2.44. The second-order valence-electron chi connectivity index (χ2n) is 7.87. The lowest BCUT2D eigenvalue weighted by atomic mass is 9.95.